The minimum atomic E-state index is -0.879. The molecule has 0 aromatic carbocycles. The molecule has 0 aliphatic carbocycles. The Bertz CT molecular complexity index is 536. The Morgan fingerprint density at radius 2 is 2.10 bits per heavy atom. The second kappa shape index (κ2) is 5.30. The maximum atomic E-state index is 12.3. The van der Waals surface area contributed by atoms with E-state index < -0.39 is 11.4 Å². The van der Waals surface area contributed by atoms with Gasteiger partial charge in [0.25, 0.3) is 5.91 Å². The van der Waals surface area contributed by atoms with Crippen LogP contribution in [0.5, 0.6) is 0 Å². The molecule has 7 heteroatoms. The monoisotopic (exact) mass is 318 g/mol. The average Bonchev–Trinajstić information content (AvgIpc) is 2.94. The Morgan fingerprint density at radius 1 is 1.45 bits per heavy atom. The lowest BCUT2D eigenvalue weighted by atomic mass is 9.76. The molecule has 0 bridgehead atoms. The van der Waals surface area contributed by atoms with Gasteiger partial charge in [0.05, 0.1) is 10.4 Å². The van der Waals surface area contributed by atoms with Gasteiger partial charge in [-0.25, -0.2) is 0 Å². The van der Waals surface area contributed by atoms with Crippen LogP contribution in [0.3, 0.4) is 0 Å². The third-order valence-electron chi connectivity index (χ3n) is 4.07. The zero-order chi connectivity index (χ0) is 15.1. The Labute approximate surface area is 126 Å². The molecule has 1 fully saturated rings. The molecule has 1 saturated heterocycles. The highest BCUT2D eigenvalue weighted by Gasteiger charge is 2.48. The van der Waals surface area contributed by atoms with Crippen molar-refractivity contribution in [1.29, 1.82) is 0 Å². The van der Waals surface area contributed by atoms with Crippen LogP contribution in [0.2, 0.25) is 10.2 Å². The molecule has 2 N–H and O–H groups in total. The Kier molecular flexibility index (Phi) is 4.02. The SMILES string of the molecule is CC(C)C1(C(=O)O)CCN(C(=O)c2cc(Cl)c(Cl)[nH]2)C1. The van der Waals surface area contributed by atoms with Crippen molar-refractivity contribution in [2.75, 3.05) is 13.1 Å². The van der Waals surface area contributed by atoms with E-state index in [-0.39, 0.29) is 34.2 Å². The summed E-state index contributed by atoms with van der Waals surface area (Å²) < 4.78 is 0. The number of aliphatic carboxylic acids is 1. The number of H-pyrrole nitrogens is 1. The zero-order valence-corrected chi connectivity index (χ0v) is 12.8. The summed E-state index contributed by atoms with van der Waals surface area (Å²) in [6.07, 6.45) is 0.452. The fourth-order valence-corrected chi connectivity index (χ4v) is 2.90. The van der Waals surface area contributed by atoms with Gasteiger partial charge < -0.3 is 15.0 Å². The number of halogens is 2. The van der Waals surface area contributed by atoms with E-state index in [0.717, 1.165) is 0 Å². The van der Waals surface area contributed by atoms with E-state index in [2.05, 4.69) is 4.98 Å². The van der Waals surface area contributed by atoms with Crippen molar-refractivity contribution >= 4 is 35.1 Å². The van der Waals surface area contributed by atoms with Crippen LogP contribution in [0.15, 0.2) is 6.07 Å². The molecule has 1 amide bonds. The van der Waals surface area contributed by atoms with Crippen LogP contribution < -0.4 is 0 Å². The number of amides is 1. The number of carbonyl (C=O) groups is 2. The highest BCUT2D eigenvalue weighted by molar-refractivity contribution is 6.41. The van der Waals surface area contributed by atoms with Gasteiger partial charge in [0.1, 0.15) is 10.8 Å². The van der Waals surface area contributed by atoms with Gasteiger partial charge in [0.15, 0.2) is 0 Å². The van der Waals surface area contributed by atoms with Gasteiger partial charge in [-0.05, 0) is 18.4 Å². The van der Waals surface area contributed by atoms with Gasteiger partial charge in [-0.15, -0.1) is 0 Å². The van der Waals surface area contributed by atoms with E-state index >= 15 is 0 Å². The number of likely N-dealkylation sites (tertiary alicyclic amines) is 1. The van der Waals surface area contributed by atoms with E-state index in [0.29, 0.717) is 13.0 Å². The van der Waals surface area contributed by atoms with E-state index in [1.807, 2.05) is 13.8 Å². The number of hydrogen-bond donors (Lipinski definition) is 2. The van der Waals surface area contributed by atoms with Crippen molar-refractivity contribution in [1.82, 2.24) is 9.88 Å². The number of carbonyl (C=O) groups excluding carboxylic acids is 1. The van der Waals surface area contributed by atoms with E-state index in [9.17, 15) is 14.7 Å². The summed E-state index contributed by atoms with van der Waals surface area (Å²) in [7, 11) is 0. The first kappa shape index (κ1) is 15.2. The van der Waals surface area contributed by atoms with Crippen molar-refractivity contribution in [3.05, 3.63) is 21.9 Å². The molecular weight excluding hydrogens is 303 g/mol. The molecule has 20 heavy (non-hydrogen) atoms. The molecule has 1 unspecified atom stereocenters. The fraction of sp³-hybridized carbons (Fsp3) is 0.538. The first-order valence-corrected chi connectivity index (χ1v) is 7.10. The molecule has 0 saturated carbocycles. The summed E-state index contributed by atoms with van der Waals surface area (Å²) in [4.78, 5) is 28.1. The maximum Gasteiger partial charge on any atom is 0.311 e. The van der Waals surface area contributed by atoms with Gasteiger partial charge in [0, 0.05) is 13.1 Å². The lowest BCUT2D eigenvalue weighted by Crippen LogP contribution is -2.40. The molecule has 5 nitrogen and oxygen atoms in total. The van der Waals surface area contributed by atoms with E-state index in [1.54, 1.807) is 0 Å². The summed E-state index contributed by atoms with van der Waals surface area (Å²) in [5, 5.41) is 9.96. The number of nitrogens with one attached hydrogen (secondary N) is 1. The normalized spacial score (nSPS) is 22.6. The average molecular weight is 319 g/mol. The predicted molar refractivity (Wildman–Crippen MR) is 76.2 cm³/mol. The molecule has 1 aliphatic heterocycles. The number of nitrogens with zero attached hydrogens (tertiary/aromatic N) is 1. The highest BCUT2D eigenvalue weighted by atomic mass is 35.5. The van der Waals surface area contributed by atoms with Crippen LogP contribution in [0.4, 0.5) is 0 Å². The van der Waals surface area contributed by atoms with Gasteiger partial charge in [-0.1, -0.05) is 37.0 Å². The van der Waals surface area contributed by atoms with Crippen LogP contribution in [0.1, 0.15) is 30.8 Å². The number of hydrogen-bond acceptors (Lipinski definition) is 2. The highest BCUT2D eigenvalue weighted by Crippen LogP contribution is 2.38. The minimum Gasteiger partial charge on any atom is -0.481 e. The molecule has 2 heterocycles. The van der Waals surface area contributed by atoms with Crippen molar-refractivity contribution in [2.24, 2.45) is 11.3 Å². The fourth-order valence-electron chi connectivity index (χ4n) is 2.59. The number of carboxylic acid groups (broad SMARTS) is 1. The lowest BCUT2D eigenvalue weighted by Gasteiger charge is -2.28. The summed E-state index contributed by atoms with van der Waals surface area (Å²) in [5.74, 6) is -1.18. The zero-order valence-electron chi connectivity index (χ0n) is 11.2. The van der Waals surface area contributed by atoms with Crippen molar-refractivity contribution in [3.8, 4) is 0 Å². The quantitative estimate of drug-likeness (QED) is 0.900. The second-order valence-electron chi connectivity index (χ2n) is 5.44. The number of rotatable bonds is 3. The minimum absolute atomic E-state index is 0.0476. The van der Waals surface area contributed by atoms with Crippen LogP contribution in [-0.2, 0) is 4.79 Å². The molecule has 1 atom stereocenters. The molecule has 1 aromatic heterocycles. The third-order valence-corrected chi connectivity index (χ3v) is 4.77. The van der Waals surface area contributed by atoms with Crippen molar-refractivity contribution in [3.63, 3.8) is 0 Å². The molecule has 0 spiro atoms. The topological polar surface area (TPSA) is 73.4 Å². The number of carboxylic acids is 1. The summed E-state index contributed by atoms with van der Waals surface area (Å²) >= 11 is 11.6. The first-order chi connectivity index (χ1) is 9.28. The first-order valence-electron chi connectivity index (χ1n) is 6.34. The molecule has 110 valence electrons. The summed E-state index contributed by atoms with van der Waals surface area (Å²) in [6.45, 7) is 4.35. The van der Waals surface area contributed by atoms with Gasteiger partial charge >= 0.3 is 5.97 Å². The van der Waals surface area contributed by atoms with E-state index in [1.165, 1.54) is 11.0 Å². The van der Waals surface area contributed by atoms with Crippen molar-refractivity contribution < 1.29 is 14.7 Å². The molecule has 1 aromatic rings. The van der Waals surface area contributed by atoms with Crippen LogP contribution in [0.25, 0.3) is 0 Å². The van der Waals surface area contributed by atoms with Gasteiger partial charge in [-0.3, -0.25) is 9.59 Å². The van der Waals surface area contributed by atoms with Crippen LogP contribution in [-0.4, -0.2) is 40.0 Å². The molecule has 1 aliphatic rings. The third kappa shape index (κ3) is 2.40. The van der Waals surface area contributed by atoms with Crippen LogP contribution in [0, 0.1) is 11.3 Å². The van der Waals surface area contributed by atoms with Crippen molar-refractivity contribution in [2.45, 2.75) is 20.3 Å². The molecule has 0 radical (unpaired) electrons. The smallest absolute Gasteiger partial charge is 0.311 e. The van der Waals surface area contributed by atoms with Gasteiger partial charge in [0.2, 0.25) is 0 Å². The predicted octanol–water partition coefficient (Wildman–Crippen LogP) is 2.89. The summed E-state index contributed by atoms with van der Waals surface area (Å²) in [6, 6.07) is 1.46. The lowest BCUT2D eigenvalue weighted by molar-refractivity contribution is -0.150. The largest absolute Gasteiger partial charge is 0.481 e. The second-order valence-corrected chi connectivity index (χ2v) is 6.22. The van der Waals surface area contributed by atoms with Gasteiger partial charge in [-0.2, -0.15) is 0 Å². The Balaban J connectivity index is 2.20. The number of aromatic amines is 1. The standard InChI is InChI=1S/C13H16Cl2N2O3/c1-7(2)13(12(19)20)3-4-17(6-13)11(18)9-5-8(14)10(15)16-9/h5,7,16H,3-4,6H2,1-2H3,(H,19,20). The number of aromatic nitrogens is 1. The maximum absolute atomic E-state index is 12.3. The Hall–Kier alpha value is -1.20. The Morgan fingerprint density at radius 3 is 2.50 bits per heavy atom. The molecule has 2 rings (SSSR count). The molecular formula is C13H16Cl2N2O3. The summed E-state index contributed by atoms with van der Waals surface area (Å²) in [5.41, 5.74) is -0.597. The van der Waals surface area contributed by atoms with Crippen LogP contribution >= 0.6 is 23.2 Å². The van der Waals surface area contributed by atoms with E-state index in [4.69, 9.17) is 23.2 Å².